The molecule has 0 radical (unpaired) electrons. The average Bonchev–Trinajstić information content (AvgIpc) is 3.22. The monoisotopic (exact) mass is 394 g/mol. The number of piperidine rings is 1. The van der Waals surface area contributed by atoms with Crippen LogP contribution in [0.1, 0.15) is 19.3 Å². The van der Waals surface area contributed by atoms with Crippen LogP contribution in [0.25, 0.3) is 22.3 Å². The molecule has 5 heterocycles. The summed E-state index contributed by atoms with van der Waals surface area (Å²) in [7, 11) is 0. The maximum absolute atomic E-state index is 13.0. The molecule has 7 nitrogen and oxygen atoms in total. The fraction of sp³-hybridized carbons (Fsp3) is 0.429. The number of rotatable bonds is 4. The van der Waals surface area contributed by atoms with Gasteiger partial charge in [0.05, 0.1) is 23.3 Å². The van der Waals surface area contributed by atoms with Gasteiger partial charge in [0.25, 0.3) is 0 Å². The van der Waals surface area contributed by atoms with E-state index in [4.69, 9.17) is 9.72 Å². The highest BCUT2D eigenvalue weighted by Crippen LogP contribution is 2.40. The average molecular weight is 394 g/mol. The summed E-state index contributed by atoms with van der Waals surface area (Å²) in [6.07, 6.45) is 10.1. The number of fused-ring (bicyclic) bond motifs is 1. The molecule has 0 atom stereocenters. The van der Waals surface area contributed by atoms with Crippen LogP contribution in [-0.2, 0) is 0 Å². The van der Waals surface area contributed by atoms with E-state index in [1.807, 2.05) is 12.1 Å². The lowest BCUT2D eigenvalue weighted by molar-refractivity contribution is 0.193. The van der Waals surface area contributed by atoms with Gasteiger partial charge in [-0.1, -0.05) is 0 Å². The van der Waals surface area contributed by atoms with E-state index in [0.29, 0.717) is 22.5 Å². The molecule has 0 unspecified atom stereocenters. The maximum Gasteiger partial charge on any atom is 0.228 e. The molecule has 0 bridgehead atoms. The third-order valence-electron chi connectivity index (χ3n) is 6.16. The molecule has 1 N–H and O–H groups in total. The minimum Gasteiger partial charge on any atom is -0.460 e. The fourth-order valence-corrected chi connectivity index (χ4v) is 4.48. The Morgan fingerprint density at radius 3 is 2.62 bits per heavy atom. The van der Waals surface area contributed by atoms with Crippen LogP contribution in [0.4, 0.5) is 10.2 Å². The Morgan fingerprint density at radius 1 is 1.07 bits per heavy atom. The highest BCUT2D eigenvalue weighted by atomic mass is 19.1. The number of hydrogen-bond acceptors (Lipinski definition) is 7. The Hall–Kier alpha value is -2.87. The van der Waals surface area contributed by atoms with Gasteiger partial charge in [0.2, 0.25) is 6.86 Å². The number of alkyl halides is 1. The van der Waals surface area contributed by atoms with Crippen LogP contribution in [0.3, 0.4) is 0 Å². The summed E-state index contributed by atoms with van der Waals surface area (Å²) in [5.74, 6) is 1.77. The summed E-state index contributed by atoms with van der Waals surface area (Å²) in [5.41, 5.74) is 1.93. The fourth-order valence-electron chi connectivity index (χ4n) is 4.48. The van der Waals surface area contributed by atoms with Crippen LogP contribution in [0.5, 0.6) is 5.75 Å². The molecule has 2 fully saturated rings. The Morgan fingerprint density at radius 2 is 1.90 bits per heavy atom. The summed E-state index contributed by atoms with van der Waals surface area (Å²) in [6.45, 7) is 3.08. The van der Waals surface area contributed by atoms with Crippen molar-refractivity contribution in [2.75, 3.05) is 37.9 Å². The molecule has 2 aliphatic rings. The Balaban J connectivity index is 1.59. The quantitative estimate of drug-likeness (QED) is 0.729. The summed E-state index contributed by atoms with van der Waals surface area (Å²) in [6, 6.07) is 3.77. The zero-order valence-electron chi connectivity index (χ0n) is 16.1. The van der Waals surface area contributed by atoms with Gasteiger partial charge < -0.3 is 15.0 Å². The molecule has 2 aliphatic heterocycles. The molecule has 0 aliphatic carbocycles. The van der Waals surface area contributed by atoms with Crippen molar-refractivity contribution in [1.82, 2.24) is 25.3 Å². The lowest BCUT2D eigenvalue weighted by Gasteiger charge is -2.39. The summed E-state index contributed by atoms with van der Waals surface area (Å²) < 4.78 is 18.2. The number of aromatic nitrogens is 4. The van der Waals surface area contributed by atoms with E-state index in [1.54, 1.807) is 18.6 Å². The van der Waals surface area contributed by atoms with Gasteiger partial charge in [0.15, 0.2) is 11.6 Å². The molecular formula is C21H23FN6O. The Bertz CT molecular complexity index is 999. The lowest BCUT2D eigenvalue weighted by atomic mass is 9.78. The number of nitrogens with zero attached hydrogens (tertiary/aromatic N) is 5. The smallest absolute Gasteiger partial charge is 0.228 e. The van der Waals surface area contributed by atoms with Crippen LogP contribution >= 0.6 is 0 Å². The first-order valence-corrected chi connectivity index (χ1v) is 9.99. The second-order valence-electron chi connectivity index (χ2n) is 7.81. The third kappa shape index (κ3) is 3.37. The highest BCUT2D eigenvalue weighted by Gasteiger charge is 2.37. The van der Waals surface area contributed by atoms with E-state index >= 15 is 0 Å². The summed E-state index contributed by atoms with van der Waals surface area (Å²) >= 11 is 0. The molecule has 3 aromatic rings. The molecule has 0 aromatic carbocycles. The third-order valence-corrected chi connectivity index (χ3v) is 6.16. The summed E-state index contributed by atoms with van der Waals surface area (Å²) in [4.78, 5) is 20.1. The Labute approximate surface area is 168 Å². The van der Waals surface area contributed by atoms with Crippen molar-refractivity contribution in [3.8, 4) is 17.1 Å². The zero-order chi connectivity index (χ0) is 19.7. The van der Waals surface area contributed by atoms with Gasteiger partial charge in [-0.25, -0.2) is 14.4 Å². The zero-order valence-corrected chi connectivity index (χ0v) is 16.1. The van der Waals surface area contributed by atoms with Crippen molar-refractivity contribution < 1.29 is 9.13 Å². The van der Waals surface area contributed by atoms with E-state index < -0.39 is 6.86 Å². The van der Waals surface area contributed by atoms with Gasteiger partial charge in [-0.2, -0.15) is 0 Å². The predicted molar refractivity (Wildman–Crippen MR) is 109 cm³/mol. The minimum atomic E-state index is -0.916. The first-order valence-electron chi connectivity index (χ1n) is 9.99. The standard InChI is InChI=1S/C21H23FN6O/c22-14-29-17-12-25-11-16-18(17)20(27-19(26-16)15-1-6-23-7-2-15)28-9-4-21(5-10-28)3-8-24-13-21/h1-2,6-7,11-12,24H,3-5,8-10,13-14H2. The number of ether oxygens (including phenoxy) is 1. The molecular weight excluding hydrogens is 371 g/mol. The summed E-state index contributed by atoms with van der Waals surface area (Å²) in [5, 5.41) is 4.22. The number of anilines is 1. The molecule has 1 spiro atoms. The highest BCUT2D eigenvalue weighted by molar-refractivity contribution is 5.95. The van der Waals surface area contributed by atoms with Gasteiger partial charge in [-0.05, 0) is 43.4 Å². The van der Waals surface area contributed by atoms with Crippen molar-refractivity contribution in [3.05, 3.63) is 36.9 Å². The molecule has 3 aromatic heterocycles. The maximum atomic E-state index is 13.0. The van der Waals surface area contributed by atoms with Gasteiger partial charge in [0.1, 0.15) is 5.82 Å². The molecule has 29 heavy (non-hydrogen) atoms. The Kier molecular flexibility index (Phi) is 4.71. The van der Waals surface area contributed by atoms with Crippen LogP contribution in [0.15, 0.2) is 36.9 Å². The topological polar surface area (TPSA) is 76.1 Å². The molecule has 8 heteroatoms. The van der Waals surface area contributed by atoms with Gasteiger partial charge in [-0.3, -0.25) is 9.97 Å². The van der Waals surface area contributed by atoms with Crippen LogP contribution < -0.4 is 15.0 Å². The first-order chi connectivity index (χ1) is 14.3. The second kappa shape index (κ2) is 7.51. The largest absolute Gasteiger partial charge is 0.460 e. The van der Waals surface area contributed by atoms with Crippen molar-refractivity contribution in [1.29, 1.82) is 0 Å². The molecule has 0 amide bonds. The SMILES string of the molecule is FCOc1cncc2nc(-c3ccncc3)nc(N3CCC4(CCNC4)CC3)c12. The second-order valence-corrected chi connectivity index (χ2v) is 7.81. The van der Waals surface area contributed by atoms with Gasteiger partial charge in [-0.15, -0.1) is 0 Å². The molecule has 0 saturated carbocycles. The van der Waals surface area contributed by atoms with Gasteiger partial charge in [0, 0.05) is 37.6 Å². The minimum absolute atomic E-state index is 0.379. The van der Waals surface area contributed by atoms with Crippen molar-refractivity contribution in [2.24, 2.45) is 5.41 Å². The van der Waals surface area contributed by atoms with E-state index in [-0.39, 0.29) is 0 Å². The van der Waals surface area contributed by atoms with Crippen LogP contribution in [-0.4, -0.2) is 53.0 Å². The van der Waals surface area contributed by atoms with Crippen molar-refractivity contribution in [2.45, 2.75) is 19.3 Å². The van der Waals surface area contributed by atoms with Gasteiger partial charge >= 0.3 is 0 Å². The van der Waals surface area contributed by atoms with E-state index in [1.165, 1.54) is 12.6 Å². The normalized spacial score (nSPS) is 18.4. The van der Waals surface area contributed by atoms with Crippen molar-refractivity contribution in [3.63, 3.8) is 0 Å². The van der Waals surface area contributed by atoms with Crippen LogP contribution in [0.2, 0.25) is 0 Å². The van der Waals surface area contributed by atoms with E-state index in [9.17, 15) is 4.39 Å². The lowest BCUT2D eigenvalue weighted by Crippen LogP contribution is -2.41. The molecule has 2 saturated heterocycles. The van der Waals surface area contributed by atoms with Crippen LogP contribution in [0, 0.1) is 5.41 Å². The number of hydrogen-bond donors (Lipinski definition) is 1. The van der Waals surface area contributed by atoms with Crippen molar-refractivity contribution >= 4 is 16.7 Å². The number of nitrogens with one attached hydrogen (secondary N) is 1. The first kappa shape index (κ1) is 18.2. The molecule has 150 valence electrons. The number of pyridine rings is 2. The van der Waals surface area contributed by atoms with E-state index in [0.717, 1.165) is 55.8 Å². The predicted octanol–water partition coefficient (Wildman–Crippen LogP) is 2.97. The molecule has 5 rings (SSSR count). The number of halogens is 1. The van der Waals surface area contributed by atoms with E-state index in [2.05, 4.69) is 25.2 Å².